The molecule has 0 bridgehead atoms. The lowest BCUT2D eigenvalue weighted by molar-refractivity contribution is 0.687. The average Bonchev–Trinajstić information content (AvgIpc) is 2.86. The van der Waals surface area contributed by atoms with Crippen LogP contribution in [0.15, 0.2) is 34.4 Å². The molecule has 2 rings (SSSR count). The summed E-state index contributed by atoms with van der Waals surface area (Å²) in [6.45, 7) is 2.19. The monoisotopic (exact) mass is 325 g/mol. The second kappa shape index (κ2) is 6.20. The molecule has 2 heterocycles. The smallest absolute Gasteiger partial charge is 0.0755 e. The maximum absolute atomic E-state index is 5.97. The van der Waals surface area contributed by atoms with Crippen molar-refractivity contribution in [3.8, 4) is 0 Å². The molecule has 2 aromatic heterocycles. The number of hydrogen-bond acceptors (Lipinski definition) is 4. The second-order valence-corrected chi connectivity index (χ2v) is 5.92. The van der Waals surface area contributed by atoms with Crippen LogP contribution in [0, 0.1) is 0 Å². The lowest BCUT2D eigenvalue weighted by Gasteiger charge is -2.20. The molecule has 0 aliphatic rings. The second-order valence-electron chi connectivity index (χ2n) is 4.09. The molecule has 0 saturated heterocycles. The fourth-order valence-electron chi connectivity index (χ4n) is 1.84. The van der Waals surface area contributed by atoms with Crippen molar-refractivity contribution in [1.82, 2.24) is 4.98 Å². The van der Waals surface area contributed by atoms with Crippen LogP contribution in [0.4, 0.5) is 11.4 Å². The normalized spacial score (nSPS) is 12.3. The third-order valence-corrected chi connectivity index (χ3v) is 4.30. The van der Waals surface area contributed by atoms with Gasteiger partial charge >= 0.3 is 0 Å². The molecule has 2 aromatic rings. The van der Waals surface area contributed by atoms with E-state index in [1.807, 2.05) is 0 Å². The number of halogens is 1. The van der Waals surface area contributed by atoms with Crippen molar-refractivity contribution < 1.29 is 0 Å². The Morgan fingerprint density at radius 1 is 1.50 bits per heavy atom. The third kappa shape index (κ3) is 3.03. The molecular formula is C13H16BrN3S. The Morgan fingerprint density at radius 2 is 2.33 bits per heavy atom. The van der Waals surface area contributed by atoms with Crippen LogP contribution in [-0.2, 0) is 0 Å². The first-order valence-electron chi connectivity index (χ1n) is 5.91. The quantitative estimate of drug-likeness (QED) is 0.854. The van der Waals surface area contributed by atoms with Gasteiger partial charge in [-0.15, -0.1) is 11.3 Å². The molecule has 0 aliphatic heterocycles. The molecule has 96 valence electrons. The van der Waals surface area contributed by atoms with E-state index in [0.717, 1.165) is 23.0 Å². The topological polar surface area (TPSA) is 50.9 Å². The summed E-state index contributed by atoms with van der Waals surface area (Å²) >= 11 is 5.26. The Hall–Kier alpha value is -1.07. The van der Waals surface area contributed by atoms with Crippen molar-refractivity contribution >= 4 is 38.6 Å². The van der Waals surface area contributed by atoms with Crippen LogP contribution >= 0.6 is 27.3 Å². The summed E-state index contributed by atoms with van der Waals surface area (Å²) in [6.07, 6.45) is 5.63. The van der Waals surface area contributed by atoms with E-state index >= 15 is 0 Å². The number of nitrogens with two attached hydrogens (primary N) is 1. The van der Waals surface area contributed by atoms with E-state index in [1.165, 1.54) is 4.88 Å². The van der Waals surface area contributed by atoms with Crippen molar-refractivity contribution in [2.75, 3.05) is 11.1 Å². The van der Waals surface area contributed by atoms with E-state index in [1.54, 1.807) is 23.7 Å². The van der Waals surface area contributed by atoms with Crippen molar-refractivity contribution in [1.29, 1.82) is 0 Å². The molecule has 0 amide bonds. The van der Waals surface area contributed by atoms with Crippen molar-refractivity contribution in [3.05, 3.63) is 39.3 Å². The standard InChI is InChI=1S/C13H16BrN3S/c1-2-4-11(12-5-3-6-18-12)17-13-9(14)7-16-8-10(13)15/h3,5-8,11H,2,4,15H2,1H3,(H,16,17). The van der Waals surface area contributed by atoms with Gasteiger partial charge in [0.1, 0.15) is 0 Å². The molecule has 1 atom stereocenters. The average molecular weight is 326 g/mol. The van der Waals surface area contributed by atoms with Crippen molar-refractivity contribution in [3.63, 3.8) is 0 Å². The zero-order chi connectivity index (χ0) is 13.0. The molecule has 0 aliphatic carbocycles. The fraction of sp³-hybridized carbons (Fsp3) is 0.308. The molecule has 1 unspecified atom stereocenters. The van der Waals surface area contributed by atoms with E-state index in [-0.39, 0.29) is 0 Å². The van der Waals surface area contributed by atoms with E-state index in [2.05, 4.69) is 50.7 Å². The van der Waals surface area contributed by atoms with Crippen LogP contribution in [0.2, 0.25) is 0 Å². The van der Waals surface area contributed by atoms with Crippen LogP contribution in [0.25, 0.3) is 0 Å². The SMILES string of the molecule is CCCC(Nc1c(N)cncc1Br)c1cccs1. The van der Waals surface area contributed by atoms with Crippen LogP contribution in [0.1, 0.15) is 30.7 Å². The summed E-state index contributed by atoms with van der Waals surface area (Å²) in [7, 11) is 0. The molecular weight excluding hydrogens is 310 g/mol. The molecule has 3 N–H and O–H groups in total. The zero-order valence-electron chi connectivity index (χ0n) is 10.2. The molecule has 5 heteroatoms. The first kappa shape index (κ1) is 13.4. The van der Waals surface area contributed by atoms with Gasteiger partial charge in [0.05, 0.1) is 28.1 Å². The van der Waals surface area contributed by atoms with Gasteiger partial charge in [-0.2, -0.15) is 0 Å². The van der Waals surface area contributed by atoms with Crippen LogP contribution in [0.3, 0.4) is 0 Å². The predicted octanol–water partition coefficient (Wildman–Crippen LogP) is 4.44. The molecule has 0 spiro atoms. The number of thiophene rings is 1. The van der Waals surface area contributed by atoms with Gasteiger partial charge in [0, 0.05) is 11.1 Å². The van der Waals surface area contributed by atoms with Gasteiger partial charge in [-0.3, -0.25) is 4.98 Å². The molecule has 0 aromatic carbocycles. The predicted molar refractivity (Wildman–Crippen MR) is 81.9 cm³/mol. The largest absolute Gasteiger partial charge is 0.396 e. The Bertz CT molecular complexity index is 479. The Morgan fingerprint density at radius 3 is 2.94 bits per heavy atom. The summed E-state index contributed by atoms with van der Waals surface area (Å²) in [5.74, 6) is 0. The number of anilines is 2. The molecule has 0 fully saturated rings. The number of rotatable bonds is 5. The maximum Gasteiger partial charge on any atom is 0.0755 e. The van der Waals surface area contributed by atoms with Gasteiger partial charge in [0.2, 0.25) is 0 Å². The van der Waals surface area contributed by atoms with Gasteiger partial charge < -0.3 is 11.1 Å². The number of aromatic nitrogens is 1. The Labute approximate surface area is 120 Å². The van der Waals surface area contributed by atoms with Gasteiger partial charge in [-0.1, -0.05) is 19.4 Å². The minimum Gasteiger partial charge on any atom is -0.396 e. The highest BCUT2D eigenvalue weighted by molar-refractivity contribution is 9.10. The number of nitrogens with zero attached hydrogens (tertiary/aromatic N) is 1. The number of nitrogens with one attached hydrogen (secondary N) is 1. The molecule has 18 heavy (non-hydrogen) atoms. The fourth-order valence-corrected chi connectivity index (χ4v) is 3.11. The zero-order valence-corrected chi connectivity index (χ0v) is 12.6. The van der Waals surface area contributed by atoms with Crippen molar-refractivity contribution in [2.24, 2.45) is 0 Å². The van der Waals surface area contributed by atoms with Crippen LogP contribution in [-0.4, -0.2) is 4.98 Å². The van der Waals surface area contributed by atoms with Crippen LogP contribution < -0.4 is 11.1 Å². The van der Waals surface area contributed by atoms with Gasteiger partial charge in [-0.05, 0) is 33.8 Å². The summed E-state index contributed by atoms with van der Waals surface area (Å²) in [4.78, 5) is 5.38. The Balaban J connectivity index is 2.24. The van der Waals surface area contributed by atoms with Gasteiger partial charge in [-0.25, -0.2) is 0 Å². The summed E-state index contributed by atoms with van der Waals surface area (Å²) < 4.78 is 0.903. The Kier molecular flexibility index (Phi) is 4.60. The van der Waals surface area contributed by atoms with Crippen LogP contribution in [0.5, 0.6) is 0 Å². The summed E-state index contributed by atoms with van der Waals surface area (Å²) in [6, 6.07) is 4.54. The third-order valence-electron chi connectivity index (χ3n) is 2.71. The highest BCUT2D eigenvalue weighted by Crippen LogP contribution is 2.33. The number of hydrogen-bond donors (Lipinski definition) is 2. The molecule has 3 nitrogen and oxygen atoms in total. The molecule has 0 saturated carbocycles. The van der Waals surface area contributed by atoms with E-state index < -0.39 is 0 Å². The highest BCUT2D eigenvalue weighted by atomic mass is 79.9. The highest BCUT2D eigenvalue weighted by Gasteiger charge is 2.14. The lowest BCUT2D eigenvalue weighted by Crippen LogP contribution is -2.11. The first-order chi connectivity index (χ1) is 8.72. The summed E-state index contributed by atoms with van der Waals surface area (Å²) in [5, 5.41) is 5.62. The van der Waals surface area contributed by atoms with Gasteiger partial charge in [0.25, 0.3) is 0 Å². The molecule has 0 radical (unpaired) electrons. The van der Waals surface area contributed by atoms with E-state index in [9.17, 15) is 0 Å². The van der Waals surface area contributed by atoms with Gasteiger partial charge in [0.15, 0.2) is 0 Å². The number of pyridine rings is 1. The minimum absolute atomic E-state index is 0.302. The summed E-state index contributed by atoms with van der Waals surface area (Å²) in [5.41, 5.74) is 7.56. The van der Waals surface area contributed by atoms with E-state index in [4.69, 9.17) is 5.73 Å². The lowest BCUT2D eigenvalue weighted by atomic mass is 10.1. The number of nitrogen functional groups attached to an aromatic ring is 1. The maximum atomic E-state index is 5.97. The minimum atomic E-state index is 0.302. The van der Waals surface area contributed by atoms with Crippen molar-refractivity contribution in [2.45, 2.75) is 25.8 Å². The van der Waals surface area contributed by atoms with E-state index in [0.29, 0.717) is 11.7 Å². The first-order valence-corrected chi connectivity index (χ1v) is 7.58.